The maximum atomic E-state index is 12.9. The summed E-state index contributed by atoms with van der Waals surface area (Å²) in [6, 6.07) is 6.11. The number of benzene rings is 1. The van der Waals surface area contributed by atoms with Gasteiger partial charge in [-0.3, -0.25) is 4.79 Å². The summed E-state index contributed by atoms with van der Waals surface area (Å²) in [5.74, 6) is 0.101. The van der Waals surface area contributed by atoms with Crippen molar-refractivity contribution >= 4 is 40.1 Å². The maximum Gasteiger partial charge on any atom is 0.255 e. The lowest BCUT2D eigenvalue weighted by molar-refractivity contribution is 0.0625. The number of carbonyl (C=O) groups is 1. The van der Waals surface area contributed by atoms with Crippen molar-refractivity contribution in [3.05, 3.63) is 32.4 Å². The number of carbonyl (C=O) groups excluding carboxylic acids is 1. The van der Waals surface area contributed by atoms with Crippen LogP contribution in [0.25, 0.3) is 0 Å². The molecule has 3 nitrogen and oxygen atoms in total. The minimum absolute atomic E-state index is 0.101. The van der Waals surface area contributed by atoms with E-state index in [0.717, 1.165) is 42.2 Å². The van der Waals surface area contributed by atoms with E-state index in [0.29, 0.717) is 22.7 Å². The van der Waals surface area contributed by atoms with Gasteiger partial charge in [-0.1, -0.05) is 18.5 Å². The molecule has 0 unspecified atom stereocenters. The molecule has 1 saturated carbocycles. The third-order valence-corrected chi connectivity index (χ3v) is 5.24. The highest BCUT2D eigenvalue weighted by molar-refractivity contribution is 14.1. The number of hydrogen-bond acceptors (Lipinski definition) is 2. The zero-order valence-corrected chi connectivity index (χ0v) is 15.2. The maximum absolute atomic E-state index is 12.9. The van der Waals surface area contributed by atoms with Gasteiger partial charge in [0.2, 0.25) is 0 Å². The van der Waals surface area contributed by atoms with Crippen LogP contribution in [0.2, 0.25) is 5.02 Å². The van der Waals surface area contributed by atoms with Crippen LogP contribution in [0.4, 0.5) is 0 Å². The normalized spacial score (nSPS) is 22.1. The molecule has 1 aromatic rings. The molecule has 2 N–H and O–H groups in total. The van der Waals surface area contributed by atoms with Gasteiger partial charge in [-0.05, 0) is 72.9 Å². The van der Waals surface area contributed by atoms with E-state index >= 15 is 0 Å². The summed E-state index contributed by atoms with van der Waals surface area (Å²) >= 11 is 8.26. The molecule has 0 bridgehead atoms. The SMILES string of the molecule is CCCN(C(=O)c1cc(Cl)ccc1I)C1CCC(N)CC1. The molecule has 0 radical (unpaired) electrons. The Morgan fingerprint density at radius 2 is 2.05 bits per heavy atom. The predicted molar refractivity (Wildman–Crippen MR) is 95.7 cm³/mol. The van der Waals surface area contributed by atoms with E-state index in [1.165, 1.54) is 0 Å². The second-order valence-corrected chi connectivity index (χ2v) is 7.29. The molecule has 1 fully saturated rings. The van der Waals surface area contributed by atoms with Crippen molar-refractivity contribution in [3.8, 4) is 0 Å². The van der Waals surface area contributed by atoms with Gasteiger partial charge in [0.1, 0.15) is 0 Å². The van der Waals surface area contributed by atoms with Gasteiger partial charge in [0.15, 0.2) is 0 Å². The molecule has 5 heteroatoms. The molecule has 1 aromatic carbocycles. The first-order valence-corrected chi connectivity index (χ1v) is 9.00. The molecule has 1 amide bonds. The number of halogens is 2. The molecule has 0 saturated heterocycles. The minimum Gasteiger partial charge on any atom is -0.336 e. The minimum atomic E-state index is 0.101. The van der Waals surface area contributed by atoms with Gasteiger partial charge in [0.05, 0.1) is 5.56 Å². The molecule has 116 valence electrons. The van der Waals surface area contributed by atoms with Crippen LogP contribution in [0.15, 0.2) is 18.2 Å². The molecule has 0 spiro atoms. The van der Waals surface area contributed by atoms with Crippen LogP contribution in [-0.2, 0) is 0 Å². The fourth-order valence-corrected chi connectivity index (χ4v) is 3.66. The first kappa shape index (κ1) is 17.0. The van der Waals surface area contributed by atoms with Gasteiger partial charge >= 0.3 is 0 Å². The molecule has 2 rings (SSSR count). The van der Waals surface area contributed by atoms with Gasteiger partial charge in [0, 0.05) is 27.2 Å². The quantitative estimate of drug-likeness (QED) is 0.747. The van der Waals surface area contributed by atoms with Gasteiger partial charge in [-0.2, -0.15) is 0 Å². The molecule has 0 aliphatic heterocycles. The number of rotatable bonds is 4. The van der Waals surface area contributed by atoms with E-state index in [9.17, 15) is 4.79 Å². The lowest BCUT2D eigenvalue weighted by Gasteiger charge is -2.36. The summed E-state index contributed by atoms with van der Waals surface area (Å²) in [5.41, 5.74) is 6.69. The molecule has 0 heterocycles. The van der Waals surface area contributed by atoms with Crippen molar-refractivity contribution < 1.29 is 4.79 Å². The van der Waals surface area contributed by atoms with Gasteiger partial charge in [-0.15, -0.1) is 0 Å². The lowest BCUT2D eigenvalue weighted by atomic mass is 9.90. The highest BCUT2D eigenvalue weighted by atomic mass is 127. The summed E-state index contributed by atoms with van der Waals surface area (Å²) in [6.45, 7) is 2.90. The van der Waals surface area contributed by atoms with E-state index in [2.05, 4.69) is 29.5 Å². The summed E-state index contributed by atoms with van der Waals surface area (Å²) in [5, 5.41) is 0.612. The largest absolute Gasteiger partial charge is 0.336 e. The number of nitrogens with two attached hydrogens (primary N) is 1. The third kappa shape index (κ3) is 4.33. The predicted octanol–water partition coefficient (Wildman–Crippen LogP) is 4.07. The van der Waals surface area contributed by atoms with E-state index in [-0.39, 0.29) is 5.91 Å². The molecule has 0 aromatic heterocycles. The van der Waals surface area contributed by atoms with Crippen molar-refractivity contribution in [2.24, 2.45) is 5.73 Å². The lowest BCUT2D eigenvalue weighted by Crippen LogP contribution is -2.44. The van der Waals surface area contributed by atoms with Gasteiger partial charge in [-0.25, -0.2) is 0 Å². The first-order valence-electron chi connectivity index (χ1n) is 7.54. The molecular weight excluding hydrogens is 399 g/mol. The average Bonchev–Trinajstić information content (AvgIpc) is 2.48. The highest BCUT2D eigenvalue weighted by Crippen LogP contribution is 2.26. The Labute approximate surface area is 145 Å². The zero-order chi connectivity index (χ0) is 15.4. The molecular formula is C16H22ClIN2O. The van der Waals surface area contributed by atoms with Crippen LogP contribution in [0.1, 0.15) is 49.4 Å². The molecule has 0 atom stereocenters. The van der Waals surface area contributed by atoms with E-state index in [1.54, 1.807) is 6.07 Å². The van der Waals surface area contributed by atoms with Crippen molar-refractivity contribution in [2.75, 3.05) is 6.54 Å². The van der Waals surface area contributed by atoms with Gasteiger partial charge < -0.3 is 10.6 Å². The van der Waals surface area contributed by atoms with Crippen molar-refractivity contribution in [1.82, 2.24) is 4.90 Å². The summed E-state index contributed by atoms with van der Waals surface area (Å²) in [4.78, 5) is 14.9. The molecule has 1 aliphatic rings. The summed E-state index contributed by atoms with van der Waals surface area (Å²) in [6.07, 6.45) is 4.98. The Hall–Kier alpha value is -0.330. The van der Waals surface area contributed by atoms with Crippen molar-refractivity contribution in [2.45, 2.75) is 51.1 Å². The van der Waals surface area contributed by atoms with Crippen molar-refractivity contribution in [1.29, 1.82) is 0 Å². The third-order valence-electron chi connectivity index (χ3n) is 4.07. The van der Waals surface area contributed by atoms with Crippen LogP contribution in [0, 0.1) is 3.57 Å². The van der Waals surface area contributed by atoms with E-state index < -0.39 is 0 Å². The van der Waals surface area contributed by atoms with Crippen LogP contribution >= 0.6 is 34.2 Å². The fourth-order valence-electron chi connectivity index (χ4n) is 2.92. The Bertz CT molecular complexity index is 501. The Balaban J connectivity index is 2.20. The second kappa shape index (κ2) is 7.79. The second-order valence-electron chi connectivity index (χ2n) is 5.69. The first-order chi connectivity index (χ1) is 10.0. The highest BCUT2D eigenvalue weighted by Gasteiger charge is 2.28. The zero-order valence-electron chi connectivity index (χ0n) is 12.3. The average molecular weight is 421 g/mol. The van der Waals surface area contributed by atoms with E-state index in [1.807, 2.05) is 17.0 Å². The summed E-state index contributed by atoms with van der Waals surface area (Å²) in [7, 11) is 0. The van der Waals surface area contributed by atoms with Crippen molar-refractivity contribution in [3.63, 3.8) is 0 Å². The Kier molecular flexibility index (Phi) is 6.32. The van der Waals surface area contributed by atoms with Crippen LogP contribution in [-0.4, -0.2) is 29.4 Å². The van der Waals surface area contributed by atoms with Crippen LogP contribution in [0.3, 0.4) is 0 Å². The van der Waals surface area contributed by atoms with Crippen LogP contribution in [0.5, 0.6) is 0 Å². The Morgan fingerprint density at radius 1 is 1.38 bits per heavy atom. The van der Waals surface area contributed by atoms with Crippen LogP contribution < -0.4 is 5.73 Å². The molecule has 21 heavy (non-hydrogen) atoms. The smallest absolute Gasteiger partial charge is 0.255 e. The standard InChI is InChI=1S/C16H22ClIN2O/c1-2-9-20(13-6-4-12(19)5-7-13)16(21)14-10-11(17)3-8-15(14)18/h3,8,10,12-13H,2,4-7,9,19H2,1H3. The Morgan fingerprint density at radius 3 is 2.67 bits per heavy atom. The van der Waals surface area contributed by atoms with Gasteiger partial charge in [0.25, 0.3) is 5.91 Å². The topological polar surface area (TPSA) is 46.3 Å². The fraction of sp³-hybridized carbons (Fsp3) is 0.562. The number of hydrogen-bond donors (Lipinski definition) is 1. The monoisotopic (exact) mass is 420 g/mol. The number of nitrogens with zero attached hydrogens (tertiary/aromatic N) is 1. The summed E-state index contributed by atoms with van der Waals surface area (Å²) < 4.78 is 0.954. The van der Waals surface area contributed by atoms with E-state index in [4.69, 9.17) is 17.3 Å². The molecule has 1 aliphatic carbocycles. The number of amides is 1.